The fraction of sp³-hybridized carbons (Fsp3) is 0.333. The summed E-state index contributed by atoms with van der Waals surface area (Å²) in [6, 6.07) is 12.3. The zero-order valence-electron chi connectivity index (χ0n) is 24.5. The Kier molecular flexibility index (Phi) is 8.32. The minimum absolute atomic E-state index is 0.0651. The lowest BCUT2D eigenvalue weighted by atomic mass is 9.79. The van der Waals surface area contributed by atoms with E-state index in [9.17, 15) is 31.5 Å². The number of benzene rings is 3. The van der Waals surface area contributed by atoms with Crippen molar-refractivity contribution in [1.82, 2.24) is 9.80 Å². The minimum Gasteiger partial charge on any atom is -0.497 e. The fourth-order valence-electron chi connectivity index (χ4n) is 6.10. The third-order valence-corrected chi connectivity index (χ3v) is 9.90. The molecule has 2 amide bonds. The highest BCUT2D eigenvalue weighted by atomic mass is 35.5. The van der Waals surface area contributed by atoms with Crippen LogP contribution >= 0.6 is 11.6 Å². The summed E-state index contributed by atoms with van der Waals surface area (Å²) < 4.78 is 78.8. The average Bonchev–Trinajstić information content (AvgIpc) is 3.46. The lowest BCUT2D eigenvalue weighted by Gasteiger charge is -2.42. The number of likely N-dealkylation sites (tertiary alicyclic amines) is 1. The first-order chi connectivity index (χ1) is 21.0. The van der Waals surface area contributed by atoms with Crippen LogP contribution in [0.25, 0.3) is 0 Å². The number of alkyl halides is 3. The van der Waals surface area contributed by atoms with Crippen molar-refractivity contribution in [2.75, 3.05) is 32.1 Å². The number of methoxy groups -OCH3 is 1. The van der Waals surface area contributed by atoms with Gasteiger partial charge in [-0.25, -0.2) is 12.7 Å². The molecule has 3 atom stereocenters. The van der Waals surface area contributed by atoms with E-state index < -0.39 is 56.5 Å². The Labute approximate surface area is 262 Å². The van der Waals surface area contributed by atoms with Crippen LogP contribution in [-0.4, -0.2) is 81.4 Å². The van der Waals surface area contributed by atoms with Crippen molar-refractivity contribution >= 4 is 39.1 Å². The van der Waals surface area contributed by atoms with Gasteiger partial charge in [0.2, 0.25) is 5.91 Å². The van der Waals surface area contributed by atoms with Gasteiger partial charge in [0.25, 0.3) is 15.9 Å². The molecule has 1 saturated heterocycles. The van der Waals surface area contributed by atoms with E-state index >= 15 is 4.79 Å². The molecule has 1 fully saturated rings. The fourth-order valence-corrected chi connectivity index (χ4v) is 7.84. The van der Waals surface area contributed by atoms with Crippen molar-refractivity contribution in [1.29, 1.82) is 0 Å². The molecule has 3 aromatic rings. The summed E-state index contributed by atoms with van der Waals surface area (Å²) in [7, 11) is -0.959. The number of carbonyl (C=O) groups is 2. The molecular weight excluding hydrogens is 639 g/mol. The standard InChI is InChI=1S/C30H29ClF3N3O7S/c1-17-7-5-6-8-21(17)29(36-16-19(38)14-24(36)27(39)35(2)3)22-13-18(31)9-11-23(22)37(28(29)40)45(41,42)26-12-10-20(43-4)15-25(26)44-30(32,33)34/h5-13,15,19,24,38H,14,16H2,1-4H3/t19-,24+,29?/m1/s1. The smallest absolute Gasteiger partial charge is 0.497 e. The first-order valence-corrected chi connectivity index (χ1v) is 15.4. The first-order valence-electron chi connectivity index (χ1n) is 13.6. The van der Waals surface area contributed by atoms with Crippen molar-refractivity contribution in [2.24, 2.45) is 0 Å². The number of likely N-dealkylation sites (N-methyl/N-ethyl adjacent to an activating group) is 1. The van der Waals surface area contributed by atoms with Crippen molar-refractivity contribution in [3.8, 4) is 11.5 Å². The van der Waals surface area contributed by atoms with E-state index in [0.29, 0.717) is 15.4 Å². The molecule has 5 rings (SSSR count). The van der Waals surface area contributed by atoms with Crippen LogP contribution in [0.5, 0.6) is 11.5 Å². The van der Waals surface area contributed by atoms with Gasteiger partial charge in [-0.05, 0) is 54.8 Å². The summed E-state index contributed by atoms with van der Waals surface area (Å²) in [5.74, 6) is -2.80. The maximum Gasteiger partial charge on any atom is 0.573 e. The number of anilines is 1. The molecule has 0 spiro atoms. The molecule has 0 saturated carbocycles. The maximum atomic E-state index is 15.1. The van der Waals surface area contributed by atoms with Crippen molar-refractivity contribution < 1.29 is 45.8 Å². The number of rotatable bonds is 7. The summed E-state index contributed by atoms with van der Waals surface area (Å²) in [5, 5.41) is 11.0. The quantitative estimate of drug-likeness (QED) is 0.401. The monoisotopic (exact) mass is 667 g/mol. The van der Waals surface area contributed by atoms with E-state index in [0.717, 1.165) is 18.2 Å². The van der Waals surface area contributed by atoms with Gasteiger partial charge in [-0.1, -0.05) is 35.9 Å². The average molecular weight is 668 g/mol. The Balaban J connectivity index is 1.84. The number of aliphatic hydroxyl groups is 1. The van der Waals surface area contributed by atoms with Crippen LogP contribution < -0.4 is 13.8 Å². The van der Waals surface area contributed by atoms with Gasteiger partial charge >= 0.3 is 6.36 Å². The highest BCUT2D eigenvalue weighted by Gasteiger charge is 2.63. The third-order valence-electron chi connectivity index (χ3n) is 7.93. The van der Waals surface area contributed by atoms with Gasteiger partial charge in [0.05, 0.1) is 24.9 Å². The Morgan fingerprint density at radius 3 is 2.40 bits per heavy atom. The van der Waals surface area contributed by atoms with Crippen LogP contribution in [-0.2, 0) is 25.2 Å². The molecule has 10 nitrogen and oxygen atoms in total. The molecule has 0 aliphatic carbocycles. The number of carbonyl (C=O) groups excluding carboxylic acids is 2. The second-order valence-electron chi connectivity index (χ2n) is 10.9. The highest BCUT2D eigenvalue weighted by Crippen LogP contribution is 2.54. The van der Waals surface area contributed by atoms with Gasteiger partial charge in [0, 0.05) is 37.3 Å². The molecule has 0 radical (unpaired) electrons. The zero-order valence-corrected chi connectivity index (χ0v) is 26.1. The first kappa shape index (κ1) is 32.5. The molecule has 15 heteroatoms. The van der Waals surface area contributed by atoms with Crippen LogP contribution in [0.15, 0.2) is 65.6 Å². The molecular formula is C30H29ClF3N3O7S. The number of fused-ring (bicyclic) bond motifs is 1. The Morgan fingerprint density at radius 2 is 1.78 bits per heavy atom. The predicted molar refractivity (Wildman–Crippen MR) is 158 cm³/mol. The Hall–Kier alpha value is -3.85. The molecule has 45 heavy (non-hydrogen) atoms. The van der Waals surface area contributed by atoms with E-state index in [4.69, 9.17) is 16.3 Å². The summed E-state index contributed by atoms with van der Waals surface area (Å²) in [4.78, 5) is 30.4. The Bertz CT molecular complexity index is 1790. The number of β-amino-alcohol motifs (C(OH)–C–C–N with tert-alkyl or cyclic N) is 1. The molecule has 0 aromatic heterocycles. The van der Waals surface area contributed by atoms with Crippen molar-refractivity contribution in [3.05, 3.63) is 82.4 Å². The second-order valence-corrected chi connectivity index (χ2v) is 13.1. The van der Waals surface area contributed by atoms with Crippen molar-refractivity contribution in [3.63, 3.8) is 0 Å². The predicted octanol–water partition coefficient (Wildman–Crippen LogP) is 4.06. The van der Waals surface area contributed by atoms with E-state index in [2.05, 4.69) is 4.74 Å². The molecule has 240 valence electrons. The van der Waals surface area contributed by atoms with E-state index in [1.54, 1.807) is 31.2 Å². The number of ether oxygens (including phenoxy) is 2. The number of amides is 2. The van der Waals surface area contributed by atoms with Gasteiger partial charge < -0.3 is 19.5 Å². The maximum absolute atomic E-state index is 15.1. The largest absolute Gasteiger partial charge is 0.573 e. The number of halogens is 4. The van der Waals surface area contributed by atoms with E-state index in [-0.39, 0.29) is 35.0 Å². The normalized spacial score (nSPS) is 22.0. The highest BCUT2D eigenvalue weighted by molar-refractivity contribution is 7.93. The lowest BCUT2D eigenvalue weighted by molar-refractivity contribution is -0.275. The molecule has 3 aromatic carbocycles. The van der Waals surface area contributed by atoms with Gasteiger partial charge in [0.1, 0.15) is 10.6 Å². The molecule has 1 N–H and O–H groups in total. The number of aliphatic hydroxyl groups excluding tert-OH is 1. The molecule has 1 unspecified atom stereocenters. The number of sulfonamides is 1. The lowest BCUT2D eigenvalue weighted by Crippen LogP contribution is -2.59. The number of nitrogens with zero attached hydrogens (tertiary/aromatic N) is 3. The van der Waals surface area contributed by atoms with Crippen LogP contribution in [0.3, 0.4) is 0 Å². The third kappa shape index (κ3) is 5.39. The van der Waals surface area contributed by atoms with Gasteiger partial charge in [-0.3, -0.25) is 14.5 Å². The second kappa shape index (κ2) is 11.5. The SMILES string of the molecule is COc1ccc(S(=O)(=O)N2C(=O)C(c3ccccc3C)(N3C[C@H](O)C[C@H]3C(=O)N(C)C)c3cc(Cl)ccc32)c(OC(F)(F)F)c1. The summed E-state index contributed by atoms with van der Waals surface area (Å²) in [5.41, 5.74) is -1.35. The zero-order chi connectivity index (χ0) is 33.1. The molecule has 2 heterocycles. The van der Waals surface area contributed by atoms with Crippen LogP contribution in [0, 0.1) is 6.92 Å². The topological polar surface area (TPSA) is 117 Å². The van der Waals surface area contributed by atoms with Gasteiger partial charge in [-0.2, -0.15) is 0 Å². The van der Waals surface area contributed by atoms with E-state index in [1.165, 1.54) is 49.2 Å². The Morgan fingerprint density at radius 1 is 1.09 bits per heavy atom. The summed E-state index contributed by atoms with van der Waals surface area (Å²) >= 11 is 6.44. The van der Waals surface area contributed by atoms with Crippen LogP contribution in [0.1, 0.15) is 23.1 Å². The summed E-state index contributed by atoms with van der Waals surface area (Å²) in [6.45, 7) is 1.48. The van der Waals surface area contributed by atoms with Crippen molar-refractivity contribution in [2.45, 2.75) is 42.3 Å². The van der Waals surface area contributed by atoms with E-state index in [1.807, 2.05) is 0 Å². The van der Waals surface area contributed by atoms with Crippen LogP contribution in [0.2, 0.25) is 5.02 Å². The number of hydrogen-bond donors (Lipinski definition) is 1. The number of aryl methyl sites for hydroxylation is 1. The molecule has 0 bridgehead atoms. The molecule has 2 aliphatic rings. The minimum atomic E-state index is -5.28. The van der Waals surface area contributed by atoms with Gasteiger partial charge in [-0.15, -0.1) is 13.2 Å². The number of hydrogen-bond acceptors (Lipinski definition) is 8. The van der Waals surface area contributed by atoms with Gasteiger partial charge in [0.15, 0.2) is 11.3 Å². The van der Waals surface area contributed by atoms with Crippen LogP contribution in [0.4, 0.5) is 18.9 Å². The summed E-state index contributed by atoms with van der Waals surface area (Å²) in [6.07, 6.45) is -6.43. The molecule has 2 aliphatic heterocycles.